The van der Waals surface area contributed by atoms with E-state index in [1.165, 1.54) is 6.26 Å². The molecule has 5 nitrogen and oxygen atoms in total. The number of sulfone groups is 1. The highest BCUT2D eigenvalue weighted by atomic mass is 32.2. The van der Waals surface area contributed by atoms with Crippen molar-refractivity contribution < 1.29 is 13.2 Å². The quantitative estimate of drug-likeness (QED) is 0.819. The Morgan fingerprint density at radius 3 is 2.62 bits per heavy atom. The molecular weight excluding hydrogens is 324 g/mol. The molecule has 1 fully saturated rings. The van der Waals surface area contributed by atoms with Crippen LogP contribution in [0.2, 0.25) is 0 Å². The highest BCUT2D eigenvalue weighted by molar-refractivity contribution is 7.92. The van der Waals surface area contributed by atoms with Crippen LogP contribution in [-0.4, -0.2) is 40.2 Å². The summed E-state index contributed by atoms with van der Waals surface area (Å²) in [5.74, 6) is 2.07. The maximum atomic E-state index is 12.4. The van der Waals surface area contributed by atoms with Gasteiger partial charge in [-0.3, -0.25) is 4.99 Å². The van der Waals surface area contributed by atoms with Crippen LogP contribution in [0.1, 0.15) is 37.8 Å². The number of benzene rings is 1. The van der Waals surface area contributed by atoms with Crippen molar-refractivity contribution in [1.82, 2.24) is 5.32 Å². The minimum Gasteiger partial charge on any atom is -0.485 e. The predicted molar refractivity (Wildman–Crippen MR) is 96.5 cm³/mol. The first-order valence-electron chi connectivity index (χ1n) is 8.55. The summed E-state index contributed by atoms with van der Waals surface area (Å²) < 4.78 is 30.0. The molecular formula is C18H26N2O3S. The summed E-state index contributed by atoms with van der Waals surface area (Å²) in [5, 5.41) is 3.20. The highest BCUT2D eigenvalue weighted by Crippen LogP contribution is 2.54. The molecule has 2 aliphatic rings. The van der Waals surface area contributed by atoms with Crippen LogP contribution >= 0.6 is 0 Å². The molecule has 0 bridgehead atoms. The summed E-state index contributed by atoms with van der Waals surface area (Å²) >= 11 is 0. The predicted octanol–water partition coefficient (Wildman–Crippen LogP) is 2.30. The third-order valence-corrected chi connectivity index (χ3v) is 6.81. The smallest absolute Gasteiger partial charge is 0.157 e. The van der Waals surface area contributed by atoms with E-state index in [0.29, 0.717) is 25.4 Å². The zero-order chi connectivity index (χ0) is 17.4. The van der Waals surface area contributed by atoms with Crippen LogP contribution in [-0.2, 0) is 21.0 Å². The fourth-order valence-electron chi connectivity index (χ4n) is 3.39. The van der Waals surface area contributed by atoms with E-state index in [2.05, 4.69) is 24.2 Å². The number of nitrogens with zero attached hydrogens (tertiary/aromatic N) is 1. The van der Waals surface area contributed by atoms with E-state index >= 15 is 0 Å². The SMILES string of the molecule is CC(C)Cc1c(OCC2=NCCN2)cccc1C1(S(C)(=O)=O)CC1. The maximum Gasteiger partial charge on any atom is 0.157 e. The van der Waals surface area contributed by atoms with Gasteiger partial charge in [0, 0.05) is 12.8 Å². The van der Waals surface area contributed by atoms with Gasteiger partial charge < -0.3 is 10.1 Å². The summed E-state index contributed by atoms with van der Waals surface area (Å²) in [6.45, 7) is 6.33. The Hall–Kier alpha value is -1.56. The van der Waals surface area contributed by atoms with Gasteiger partial charge in [0.25, 0.3) is 0 Å². The average Bonchev–Trinajstić information content (AvgIpc) is 3.16. The lowest BCUT2D eigenvalue weighted by atomic mass is 9.94. The first-order valence-corrected chi connectivity index (χ1v) is 10.4. The second kappa shape index (κ2) is 6.39. The van der Waals surface area contributed by atoms with E-state index in [4.69, 9.17) is 4.74 Å². The largest absolute Gasteiger partial charge is 0.485 e. The molecule has 0 amide bonds. The Labute approximate surface area is 144 Å². The van der Waals surface area contributed by atoms with E-state index in [1.807, 2.05) is 18.2 Å². The van der Waals surface area contributed by atoms with Crippen molar-refractivity contribution in [2.75, 3.05) is 26.0 Å². The Bertz CT molecular complexity index is 750. The molecule has 1 aromatic rings. The first-order chi connectivity index (χ1) is 11.3. The lowest BCUT2D eigenvalue weighted by molar-refractivity contribution is 0.366. The number of aliphatic imine (C=N–C) groups is 1. The molecule has 0 atom stereocenters. The Morgan fingerprint density at radius 2 is 2.08 bits per heavy atom. The van der Waals surface area contributed by atoms with Crippen molar-refractivity contribution in [3.05, 3.63) is 29.3 Å². The molecule has 3 rings (SSSR count). The molecule has 0 aromatic heterocycles. The number of rotatable bonds is 7. The van der Waals surface area contributed by atoms with Gasteiger partial charge in [-0.25, -0.2) is 8.42 Å². The van der Waals surface area contributed by atoms with Gasteiger partial charge in [-0.1, -0.05) is 26.0 Å². The molecule has 1 aliphatic carbocycles. The second-order valence-electron chi connectivity index (χ2n) is 7.19. The second-order valence-corrected chi connectivity index (χ2v) is 9.52. The molecule has 1 aromatic carbocycles. The van der Waals surface area contributed by atoms with Crippen molar-refractivity contribution in [3.63, 3.8) is 0 Å². The minimum atomic E-state index is -3.14. The third-order valence-electron chi connectivity index (χ3n) is 4.76. The first kappa shape index (κ1) is 17.3. The molecule has 6 heteroatoms. The van der Waals surface area contributed by atoms with Gasteiger partial charge in [0.2, 0.25) is 0 Å². The molecule has 0 unspecified atom stereocenters. The summed E-state index contributed by atoms with van der Waals surface area (Å²) in [7, 11) is -3.14. The van der Waals surface area contributed by atoms with Crippen LogP contribution in [0.15, 0.2) is 23.2 Å². The number of hydrogen-bond acceptors (Lipinski definition) is 5. The van der Waals surface area contributed by atoms with Gasteiger partial charge in [0.1, 0.15) is 18.2 Å². The molecule has 1 N–H and O–H groups in total. The van der Waals surface area contributed by atoms with Crippen molar-refractivity contribution in [2.45, 2.75) is 37.9 Å². The van der Waals surface area contributed by atoms with Gasteiger partial charge in [-0.2, -0.15) is 0 Å². The van der Waals surface area contributed by atoms with E-state index in [0.717, 1.165) is 42.2 Å². The van der Waals surface area contributed by atoms with Crippen LogP contribution in [0.5, 0.6) is 5.75 Å². The molecule has 24 heavy (non-hydrogen) atoms. The van der Waals surface area contributed by atoms with Crippen LogP contribution in [0.25, 0.3) is 0 Å². The summed E-state index contributed by atoms with van der Waals surface area (Å²) in [6.07, 6.45) is 3.57. The summed E-state index contributed by atoms with van der Waals surface area (Å²) in [6, 6.07) is 5.81. The molecule has 132 valence electrons. The van der Waals surface area contributed by atoms with Crippen molar-refractivity contribution in [1.29, 1.82) is 0 Å². The maximum absolute atomic E-state index is 12.4. The number of hydrogen-bond donors (Lipinski definition) is 1. The molecule has 1 aliphatic heterocycles. The Balaban J connectivity index is 1.95. The van der Waals surface area contributed by atoms with Gasteiger partial charge in [-0.05, 0) is 42.4 Å². The summed E-state index contributed by atoms with van der Waals surface area (Å²) in [4.78, 5) is 4.35. The molecule has 1 heterocycles. The monoisotopic (exact) mass is 350 g/mol. The van der Waals surface area contributed by atoms with Crippen molar-refractivity contribution in [3.8, 4) is 5.75 Å². The van der Waals surface area contributed by atoms with Crippen LogP contribution in [0.4, 0.5) is 0 Å². The molecule has 0 spiro atoms. The summed E-state index contributed by atoms with van der Waals surface area (Å²) in [5.41, 5.74) is 1.96. The number of nitrogens with one attached hydrogen (secondary N) is 1. The average molecular weight is 350 g/mol. The van der Waals surface area contributed by atoms with E-state index < -0.39 is 14.6 Å². The fourth-order valence-corrected chi connectivity index (χ4v) is 4.82. The van der Waals surface area contributed by atoms with Crippen LogP contribution in [0.3, 0.4) is 0 Å². The normalized spacial score (nSPS) is 19.1. The van der Waals surface area contributed by atoms with Crippen molar-refractivity contribution in [2.24, 2.45) is 10.9 Å². The van der Waals surface area contributed by atoms with E-state index in [-0.39, 0.29) is 0 Å². The van der Waals surface area contributed by atoms with E-state index in [9.17, 15) is 8.42 Å². The molecule has 0 saturated heterocycles. The third kappa shape index (κ3) is 3.29. The van der Waals surface area contributed by atoms with E-state index in [1.54, 1.807) is 0 Å². The minimum absolute atomic E-state index is 0.403. The highest BCUT2D eigenvalue weighted by Gasteiger charge is 2.54. The van der Waals surface area contributed by atoms with Crippen LogP contribution < -0.4 is 10.1 Å². The number of ether oxygens (including phenoxy) is 1. The van der Waals surface area contributed by atoms with Gasteiger partial charge in [0.15, 0.2) is 9.84 Å². The van der Waals surface area contributed by atoms with Gasteiger partial charge >= 0.3 is 0 Å². The Morgan fingerprint density at radius 1 is 1.33 bits per heavy atom. The number of amidine groups is 1. The molecule has 1 saturated carbocycles. The zero-order valence-corrected chi connectivity index (χ0v) is 15.4. The topological polar surface area (TPSA) is 67.8 Å². The standard InChI is InChI=1S/C18H26N2O3S/c1-13(2)11-14-15(18(7-8-18)24(3,21)22)5-4-6-16(14)23-12-17-19-9-10-20-17/h4-6,13H,7-12H2,1-3H3,(H,19,20). The lowest BCUT2D eigenvalue weighted by Crippen LogP contribution is -2.26. The van der Waals surface area contributed by atoms with Crippen LogP contribution in [0, 0.1) is 5.92 Å². The van der Waals surface area contributed by atoms with Gasteiger partial charge in [-0.15, -0.1) is 0 Å². The lowest BCUT2D eigenvalue weighted by Gasteiger charge is -2.22. The van der Waals surface area contributed by atoms with Gasteiger partial charge in [0.05, 0.1) is 11.3 Å². The van der Waals surface area contributed by atoms with Crippen molar-refractivity contribution >= 4 is 15.7 Å². The zero-order valence-electron chi connectivity index (χ0n) is 14.6. The Kier molecular flexibility index (Phi) is 4.60. The fraction of sp³-hybridized carbons (Fsp3) is 0.611. The molecule has 0 radical (unpaired) electrons.